The number of aliphatic hydroxyl groups is 1. The predicted molar refractivity (Wildman–Crippen MR) is 68.3 cm³/mol. The van der Waals surface area contributed by atoms with Crippen molar-refractivity contribution in [1.82, 2.24) is 0 Å². The quantitative estimate of drug-likeness (QED) is 0.660. The van der Waals surface area contributed by atoms with Gasteiger partial charge in [0.2, 0.25) is 0 Å². The third kappa shape index (κ3) is 2.65. The molecule has 0 aliphatic heterocycles. The second kappa shape index (κ2) is 4.86. The molecule has 88 valence electrons. The molecule has 0 fully saturated rings. The molecule has 1 aliphatic carbocycles. The van der Waals surface area contributed by atoms with E-state index < -0.39 is 5.60 Å². The van der Waals surface area contributed by atoms with Crippen molar-refractivity contribution in [2.75, 3.05) is 5.88 Å². The molecule has 0 saturated heterocycles. The van der Waals surface area contributed by atoms with Gasteiger partial charge in [-0.3, -0.25) is 4.79 Å². The van der Waals surface area contributed by atoms with E-state index >= 15 is 0 Å². The minimum atomic E-state index is -1.01. The molecule has 0 bridgehead atoms. The van der Waals surface area contributed by atoms with Crippen LogP contribution in [0.2, 0.25) is 0 Å². The first-order valence-corrected chi connectivity index (χ1v) is 5.95. The number of benzene rings is 1. The first-order chi connectivity index (χ1) is 8.14. The molecule has 1 N–H and O–H groups in total. The number of Topliss-reactive ketones (excluding diaryl/α,β-unsaturated/α-hetero) is 1. The van der Waals surface area contributed by atoms with Gasteiger partial charge < -0.3 is 5.11 Å². The molecule has 1 atom stereocenters. The Morgan fingerprint density at radius 2 is 2.06 bits per heavy atom. The first-order valence-electron chi connectivity index (χ1n) is 5.42. The summed E-state index contributed by atoms with van der Waals surface area (Å²) in [6.07, 6.45) is 5.34. The van der Waals surface area contributed by atoms with Crippen LogP contribution in [0.25, 0.3) is 0 Å². The number of allylic oxidation sites excluding steroid dienone is 2. The van der Waals surface area contributed by atoms with Gasteiger partial charge >= 0.3 is 0 Å². The second-order valence-corrected chi connectivity index (χ2v) is 4.40. The van der Waals surface area contributed by atoms with E-state index in [9.17, 15) is 9.90 Å². The van der Waals surface area contributed by atoms with Gasteiger partial charge in [0, 0.05) is 11.1 Å². The third-order valence-corrected chi connectivity index (χ3v) is 3.24. The molecule has 1 aromatic carbocycles. The first kappa shape index (κ1) is 12.1. The zero-order valence-electron chi connectivity index (χ0n) is 9.27. The maximum Gasteiger partial charge on any atom is 0.192 e. The highest BCUT2D eigenvalue weighted by atomic mass is 35.5. The SMILES string of the molecule is O=C(C1=CCC(O)(CCl)C=C1)c1ccccc1. The van der Waals surface area contributed by atoms with Gasteiger partial charge in [-0.05, 0) is 6.42 Å². The number of rotatable bonds is 3. The Kier molecular flexibility index (Phi) is 3.46. The van der Waals surface area contributed by atoms with Crippen molar-refractivity contribution in [3.05, 3.63) is 59.7 Å². The Bertz CT molecular complexity index is 476. The number of carbonyl (C=O) groups is 1. The van der Waals surface area contributed by atoms with E-state index in [-0.39, 0.29) is 11.7 Å². The van der Waals surface area contributed by atoms with Crippen molar-refractivity contribution in [2.45, 2.75) is 12.0 Å². The average Bonchev–Trinajstić information content (AvgIpc) is 2.40. The Hall–Kier alpha value is -1.38. The molecule has 0 aromatic heterocycles. The lowest BCUT2D eigenvalue weighted by atomic mass is 9.90. The summed E-state index contributed by atoms with van der Waals surface area (Å²) in [6, 6.07) is 9.08. The second-order valence-electron chi connectivity index (χ2n) is 4.13. The Morgan fingerprint density at radius 1 is 1.35 bits per heavy atom. The van der Waals surface area contributed by atoms with Gasteiger partial charge in [0.05, 0.1) is 11.5 Å². The van der Waals surface area contributed by atoms with Crippen LogP contribution in [0, 0.1) is 0 Å². The molecular formula is C14H13ClO2. The summed E-state index contributed by atoms with van der Waals surface area (Å²) in [4.78, 5) is 12.1. The molecule has 1 unspecified atom stereocenters. The standard InChI is InChI=1S/C14H13ClO2/c15-10-14(17)8-6-12(7-9-14)13(16)11-4-2-1-3-5-11/h1-8,17H,9-10H2. The Morgan fingerprint density at radius 3 is 2.59 bits per heavy atom. The Balaban J connectivity index is 2.17. The van der Waals surface area contributed by atoms with Crippen LogP contribution in [0.15, 0.2) is 54.1 Å². The fourth-order valence-corrected chi connectivity index (χ4v) is 1.89. The van der Waals surface area contributed by atoms with Crippen molar-refractivity contribution in [3.8, 4) is 0 Å². The van der Waals surface area contributed by atoms with Crippen LogP contribution in [0.3, 0.4) is 0 Å². The summed E-state index contributed by atoms with van der Waals surface area (Å²) in [5.74, 6) is 0.103. The lowest BCUT2D eigenvalue weighted by Gasteiger charge is -2.23. The van der Waals surface area contributed by atoms with Crippen LogP contribution in [0.5, 0.6) is 0 Å². The monoisotopic (exact) mass is 248 g/mol. The molecule has 3 heteroatoms. The minimum Gasteiger partial charge on any atom is -0.384 e. The van der Waals surface area contributed by atoms with Crippen molar-refractivity contribution >= 4 is 17.4 Å². The summed E-state index contributed by atoms with van der Waals surface area (Å²) in [7, 11) is 0. The highest BCUT2D eigenvalue weighted by molar-refractivity contribution is 6.18. The molecule has 2 rings (SSSR count). The summed E-state index contributed by atoms with van der Waals surface area (Å²) in [5.41, 5.74) is 0.243. The lowest BCUT2D eigenvalue weighted by molar-refractivity contribution is 0.102. The van der Waals surface area contributed by atoms with Crippen LogP contribution in [0.1, 0.15) is 16.8 Å². The number of carbonyl (C=O) groups excluding carboxylic acids is 1. The molecule has 0 amide bonds. The van der Waals surface area contributed by atoms with E-state index in [4.69, 9.17) is 11.6 Å². The fraction of sp³-hybridized carbons (Fsp3) is 0.214. The maximum absolute atomic E-state index is 12.1. The molecule has 1 aromatic rings. The topological polar surface area (TPSA) is 37.3 Å². The van der Waals surface area contributed by atoms with Crippen molar-refractivity contribution < 1.29 is 9.90 Å². The molecule has 0 spiro atoms. The van der Waals surface area contributed by atoms with Gasteiger partial charge in [0.1, 0.15) is 0 Å². The van der Waals surface area contributed by atoms with Crippen molar-refractivity contribution in [2.24, 2.45) is 0 Å². The Labute approximate surface area is 105 Å². The maximum atomic E-state index is 12.1. The van der Waals surface area contributed by atoms with E-state index in [1.807, 2.05) is 18.2 Å². The van der Waals surface area contributed by atoms with Crippen LogP contribution in [-0.4, -0.2) is 22.4 Å². The molecule has 0 radical (unpaired) electrons. The number of hydrogen-bond acceptors (Lipinski definition) is 2. The summed E-state index contributed by atoms with van der Waals surface area (Å²) < 4.78 is 0. The van der Waals surface area contributed by atoms with Crippen molar-refractivity contribution in [3.63, 3.8) is 0 Å². The molecule has 0 heterocycles. The smallest absolute Gasteiger partial charge is 0.192 e. The van der Waals surface area contributed by atoms with Crippen LogP contribution in [0.4, 0.5) is 0 Å². The van der Waals surface area contributed by atoms with Crippen LogP contribution in [-0.2, 0) is 0 Å². The number of halogens is 1. The van der Waals surface area contributed by atoms with E-state index in [2.05, 4.69) is 0 Å². The predicted octanol–water partition coefficient (Wildman–Crippen LogP) is 2.73. The van der Waals surface area contributed by atoms with Gasteiger partial charge in [-0.25, -0.2) is 0 Å². The fourth-order valence-electron chi connectivity index (χ4n) is 1.69. The molecule has 2 nitrogen and oxygen atoms in total. The van der Waals surface area contributed by atoms with Gasteiger partial charge in [0.25, 0.3) is 0 Å². The van der Waals surface area contributed by atoms with E-state index in [0.29, 0.717) is 17.6 Å². The van der Waals surface area contributed by atoms with Gasteiger partial charge in [0.15, 0.2) is 5.78 Å². The average molecular weight is 249 g/mol. The third-order valence-electron chi connectivity index (χ3n) is 2.78. The van der Waals surface area contributed by atoms with Gasteiger partial charge in [-0.15, -0.1) is 11.6 Å². The van der Waals surface area contributed by atoms with Crippen molar-refractivity contribution in [1.29, 1.82) is 0 Å². The zero-order chi connectivity index (χ0) is 12.3. The summed E-state index contributed by atoms with van der Waals surface area (Å²) in [6.45, 7) is 0. The highest BCUT2D eigenvalue weighted by Gasteiger charge is 2.25. The summed E-state index contributed by atoms with van der Waals surface area (Å²) >= 11 is 5.65. The van der Waals surface area contributed by atoms with E-state index in [1.165, 1.54) is 0 Å². The zero-order valence-corrected chi connectivity index (χ0v) is 10.0. The summed E-state index contributed by atoms with van der Waals surface area (Å²) in [5, 5.41) is 9.88. The van der Waals surface area contributed by atoms with Gasteiger partial charge in [-0.1, -0.05) is 48.6 Å². The normalized spacial score (nSPS) is 23.3. The van der Waals surface area contributed by atoms with Crippen LogP contribution >= 0.6 is 11.6 Å². The largest absolute Gasteiger partial charge is 0.384 e. The van der Waals surface area contributed by atoms with Crippen LogP contribution < -0.4 is 0 Å². The minimum absolute atomic E-state index is 0.0292. The van der Waals surface area contributed by atoms with E-state index in [1.54, 1.807) is 30.4 Å². The van der Waals surface area contributed by atoms with E-state index in [0.717, 1.165) is 0 Å². The number of alkyl halides is 1. The van der Waals surface area contributed by atoms with Gasteiger partial charge in [-0.2, -0.15) is 0 Å². The number of hydrogen-bond donors (Lipinski definition) is 1. The molecule has 1 aliphatic rings. The molecule has 0 saturated carbocycles. The lowest BCUT2D eigenvalue weighted by Crippen LogP contribution is -2.29. The molecule has 17 heavy (non-hydrogen) atoms. The highest BCUT2D eigenvalue weighted by Crippen LogP contribution is 2.24. The number of ketones is 1. The molecular weight excluding hydrogens is 236 g/mol.